The van der Waals surface area contributed by atoms with Crippen LogP contribution in [0.25, 0.3) is 17.2 Å². The molecule has 6 heteroatoms. The summed E-state index contributed by atoms with van der Waals surface area (Å²) < 4.78 is 5.99. The Kier molecular flexibility index (Phi) is 7.63. The van der Waals surface area contributed by atoms with Crippen molar-refractivity contribution in [2.24, 2.45) is 29.4 Å². The van der Waals surface area contributed by atoms with E-state index in [1.54, 1.807) is 6.08 Å². The van der Waals surface area contributed by atoms with Gasteiger partial charge in [0.05, 0.1) is 0 Å². The summed E-state index contributed by atoms with van der Waals surface area (Å²) in [6.45, 7) is 3.87. The Morgan fingerprint density at radius 1 is 0.972 bits per heavy atom. The van der Waals surface area contributed by atoms with Crippen molar-refractivity contribution >= 4 is 30.4 Å². The fraction of sp³-hybridized carbons (Fsp3) is 0.467. The summed E-state index contributed by atoms with van der Waals surface area (Å²) in [5, 5.41) is 8.88. The van der Waals surface area contributed by atoms with Gasteiger partial charge in [-0.25, -0.2) is 9.59 Å². The smallest absolute Gasteiger partial charge is 0.328 e. The van der Waals surface area contributed by atoms with Crippen LogP contribution in [0.1, 0.15) is 63.5 Å². The molecule has 4 bridgehead atoms. The average Bonchev–Trinajstić information content (AvgIpc) is 2.82. The summed E-state index contributed by atoms with van der Waals surface area (Å²) in [4.78, 5) is 23.7. The molecule has 0 aliphatic heterocycles. The molecule has 1 atom stereocenters. The van der Waals surface area contributed by atoms with Gasteiger partial charge in [-0.3, -0.25) is 0 Å². The Morgan fingerprint density at radius 2 is 1.53 bits per heavy atom. The van der Waals surface area contributed by atoms with E-state index in [1.165, 1.54) is 38.5 Å². The fourth-order valence-corrected chi connectivity index (χ4v) is 7.06. The number of rotatable bonds is 7. The van der Waals surface area contributed by atoms with Gasteiger partial charge in [0.25, 0.3) is 0 Å². The first-order valence-electron chi connectivity index (χ1n) is 12.9. The Bertz CT molecular complexity index is 1120. The number of hydrogen-bond donors (Lipinski definition) is 2. The Hall–Kier alpha value is -2.63. The maximum atomic E-state index is 12.8. The third kappa shape index (κ3) is 5.23. The number of ether oxygens (including phenoxy) is 1. The Morgan fingerprint density at radius 3 is 2.06 bits per heavy atom. The number of carbonyl (C=O) groups is 2. The van der Waals surface area contributed by atoms with Crippen LogP contribution < -0.4 is 10.5 Å². The maximum Gasteiger partial charge on any atom is 0.328 e. The van der Waals surface area contributed by atoms with E-state index in [0.29, 0.717) is 5.75 Å². The third-order valence-corrected chi connectivity index (χ3v) is 8.45. The first-order chi connectivity index (χ1) is 16.7. The topological polar surface area (TPSA) is 89.6 Å². The highest BCUT2D eigenvalue weighted by molar-refractivity contribution is 5.86. The molecule has 1 unspecified atom stereocenters. The van der Waals surface area contributed by atoms with Crippen LogP contribution >= 0.6 is 12.4 Å². The zero-order valence-electron chi connectivity index (χ0n) is 21.0. The van der Waals surface area contributed by atoms with Crippen LogP contribution in [0.4, 0.5) is 0 Å². The lowest BCUT2D eigenvalue weighted by Crippen LogP contribution is -2.49. The molecule has 3 N–H and O–H groups in total. The van der Waals surface area contributed by atoms with E-state index in [9.17, 15) is 9.59 Å². The van der Waals surface area contributed by atoms with E-state index in [2.05, 4.69) is 6.07 Å². The number of aliphatic carboxylic acids is 1. The van der Waals surface area contributed by atoms with Crippen molar-refractivity contribution in [3.63, 3.8) is 0 Å². The number of benzene rings is 2. The highest BCUT2D eigenvalue weighted by Gasteiger charge is 2.52. The Labute approximate surface area is 219 Å². The molecule has 2 aromatic carbocycles. The second-order valence-electron chi connectivity index (χ2n) is 11.4. The van der Waals surface area contributed by atoms with Gasteiger partial charge < -0.3 is 15.6 Å². The number of nitrogens with two attached hydrogens (primary N) is 1. The van der Waals surface area contributed by atoms with E-state index in [0.717, 1.165) is 46.1 Å². The third-order valence-electron chi connectivity index (χ3n) is 8.45. The van der Waals surface area contributed by atoms with Crippen LogP contribution in [0.5, 0.6) is 5.75 Å². The summed E-state index contributed by atoms with van der Waals surface area (Å²) >= 11 is 0. The highest BCUT2D eigenvalue weighted by Crippen LogP contribution is 2.62. The van der Waals surface area contributed by atoms with Crippen molar-refractivity contribution < 1.29 is 19.4 Å². The van der Waals surface area contributed by atoms with E-state index in [4.69, 9.17) is 15.6 Å². The number of esters is 1. The molecule has 4 saturated carbocycles. The molecule has 0 amide bonds. The number of hydrogen-bond acceptors (Lipinski definition) is 4. The average molecular weight is 510 g/mol. The summed E-state index contributed by atoms with van der Waals surface area (Å²) in [7, 11) is 0. The van der Waals surface area contributed by atoms with E-state index >= 15 is 0 Å². The van der Waals surface area contributed by atoms with Crippen LogP contribution in [-0.2, 0) is 15.0 Å². The molecule has 0 spiro atoms. The van der Waals surface area contributed by atoms with Crippen LogP contribution in [-0.4, -0.2) is 23.1 Å². The van der Waals surface area contributed by atoms with Gasteiger partial charge in [-0.1, -0.05) is 44.2 Å². The summed E-state index contributed by atoms with van der Waals surface area (Å²) in [5.74, 6) is 1.66. The molecule has 2 aromatic rings. The zero-order chi connectivity index (χ0) is 24.7. The minimum Gasteiger partial charge on any atom is -0.478 e. The van der Waals surface area contributed by atoms with Gasteiger partial charge in [0.2, 0.25) is 0 Å². The van der Waals surface area contributed by atoms with Crippen molar-refractivity contribution in [1.29, 1.82) is 0 Å². The molecule has 6 rings (SSSR count). The van der Waals surface area contributed by atoms with Crippen molar-refractivity contribution in [2.45, 2.75) is 63.8 Å². The SMILES string of the molecule is CC(C)C(N)C(=O)Oc1ccc(-c2ccc(C=CC(=O)O)cc2)cc1C12CC3CC(CC(C3)C1)C2.Cl. The minimum absolute atomic E-state index is 0. The van der Waals surface area contributed by atoms with Crippen LogP contribution in [0.2, 0.25) is 0 Å². The minimum atomic E-state index is -0.961. The second kappa shape index (κ2) is 10.4. The molecule has 0 heterocycles. The first kappa shape index (κ1) is 26.4. The van der Waals surface area contributed by atoms with E-state index < -0.39 is 12.0 Å². The van der Waals surface area contributed by atoms with Crippen LogP contribution in [0.15, 0.2) is 48.5 Å². The number of carboxylic acids is 1. The van der Waals surface area contributed by atoms with Crippen molar-refractivity contribution in [3.05, 3.63) is 59.7 Å². The van der Waals surface area contributed by atoms with Gasteiger partial charge in [0, 0.05) is 11.6 Å². The monoisotopic (exact) mass is 509 g/mol. The predicted octanol–water partition coefficient (Wildman–Crippen LogP) is 6.23. The van der Waals surface area contributed by atoms with Gasteiger partial charge in [-0.15, -0.1) is 12.4 Å². The molecular weight excluding hydrogens is 474 g/mol. The molecule has 0 aromatic heterocycles. The largest absolute Gasteiger partial charge is 0.478 e. The number of carboxylic acid groups (broad SMARTS) is 1. The van der Waals surface area contributed by atoms with Crippen molar-refractivity contribution in [2.75, 3.05) is 0 Å². The molecule has 36 heavy (non-hydrogen) atoms. The van der Waals surface area contributed by atoms with Gasteiger partial charge in [-0.05, 0) is 103 Å². The lowest BCUT2D eigenvalue weighted by atomic mass is 9.48. The van der Waals surface area contributed by atoms with E-state index in [-0.39, 0.29) is 29.7 Å². The van der Waals surface area contributed by atoms with Gasteiger partial charge in [0.1, 0.15) is 11.8 Å². The fourth-order valence-electron chi connectivity index (χ4n) is 7.06. The molecule has 4 aliphatic carbocycles. The summed E-state index contributed by atoms with van der Waals surface area (Å²) in [5.41, 5.74) is 10.3. The molecular formula is C30H36ClNO4. The highest BCUT2D eigenvalue weighted by atomic mass is 35.5. The summed E-state index contributed by atoms with van der Waals surface area (Å²) in [6, 6.07) is 13.4. The molecule has 0 saturated heterocycles. The maximum absolute atomic E-state index is 12.8. The van der Waals surface area contributed by atoms with Gasteiger partial charge in [0.15, 0.2) is 0 Å². The molecule has 4 aliphatic rings. The lowest BCUT2D eigenvalue weighted by Gasteiger charge is -2.57. The molecule has 0 radical (unpaired) electrons. The first-order valence-corrected chi connectivity index (χ1v) is 12.9. The van der Waals surface area contributed by atoms with Gasteiger partial charge in [-0.2, -0.15) is 0 Å². The summed E-state index contributed by atoms with van der Waals surface area (Å²) in [6.07, 6.45) is 10.3. The molecule has 192 valence electrons. The van der Waals surface area contributed by atoms with Crippen molar-refractivity contribution in [1.82, 2.24) is 0 Å². The number of halogens is 1. The zero-order valence-corrected chi connectivity index (χ0v) is 21.8. The van der Waals surface area contributed by atoms with Gasteiger partial charge >= 0.3 is 11.9 Å². The van der Waals surface area contributed by atoms with Crippen molar-refractivity contribution in [3.8, 4) is 16.9 Å². The standard InChI is InChI=1S/C30H35NO4.ClH/c1-18(2)28(31)29(34)35-26-9-8-24(23-6-3-19(4-7-23)5-10-27(32)33)14-25(26)30-15-20-11-21(16-30)13-22(12-20)17-30;/h3-10,14,18,20-22,28H,11-13,15-17,31H2,1-2H3,(H,32,33);1H. The van der Waals surface area contributed by atoms with Crippen LogP contribution in [0, 0.1) is 23.7 Å². The molecule has 5 nitrogen and oxygen atoms in total. The quantitative estimate of drug-likeness (QED) is 0.262. The van der Waals surface area contributed by atoms with E-state index in [1.807, 2.05) is 50.2 Å². The lowest BCUT2D eigenvalue weighted by molar-refractivity contribution is -0.137. The predicted molar refractivity (Wildman–Crippen MR) is 144 cm³/mol. The second-order valence-corrected chi connectivity index (χ2v) is 11.4. The Balaban J connectivity index is 0.00000304. The number of carbonyl (C=O) groups excluding carboxylic acids is 1. The normalized spacial score (nSPS) is 27.2. The molecule has 4 fully saturated rings. The van der Waals surface area contributed by atoms with Crippen LogP contribution in [0.3, 0.4) is 0 Å².